The zero-order valence-electron chi connectivity index (χ0n) is 16.6. The number of hydrogen-bond donors (Lipinski definition) is 0. The lowest BCUT2D eigenvalue weighted by Crippen LogP contribution is -2.21. The average molecular weight is 366 g/mol. The molecule has 0 saturated carbocycles. The number of aryl methyl sites for hydroxylation is 4. The Morgan fingerprint density at radius 2 is 0.821 bits per heavy atom. The van der Waals surface area contributed by atoms with E-state index < -0.39 is 0 Å². The molecule has 1 aliphatic rings. The van der Waals surface area contributed by atoms with Gasteiger partial charge in [-0.1, -0.05) is 82.9 Å². The minimum absolute atomic E-state index is 0.0886. The minimum atomic E-state index is -0.0886. The Kier molecular flexibility index (Phi) is 4.35. The van der Waals surface area contributed by atoms with Crippen molar-refractivity contribution in [1.82, 2.24) is 0 Å². The minimum Gasteiger partial charge on any atom is -0.289 e. The molecule has 0 fully saturated rings. The van der Waals surface area contributed by atoms with Gasteiger partial charge in [0.25, 0.3) is 0 Å². The number of fused-ring (bicyclic) bond motifs is 1. The van der Waals surface area contributed by atoms with Crippen molar-refractivity contribution in [3.05, 3.63) is 105 Å². The molecule has 28 heavy (non-hydrogen) atoms. The van der Waals surface area contributed by atoms with Crippen LogP contribution in [0.5, 0.6) is 0 Å². The number of carbonyl (C=O) groups excluding carboxylic acids is 2. The Morgan fingerprint density at radius 1 is 0.500 bits per heavy atom. The van der Waals surface area contributed by atoms with E-state index in [1.165, 1.54) is 0 Å². The molecule has 0 aromatic heterocycles. The summed E-state index contributed by atoms with van der Waals surface area (Å²) in [5.74, 6) is -0.177. The topological polar surface area (TPSA) is 34.1 Å². The van der Waals surface area contributed by atoms with Crippen molar-refractivity contribution in [2.45, 2.75) is 27.7 Å². The maximum absolute atomic E-state index is 13.5. The van der Waals surface area contributed by atoms with Gasteiger partial charge < -0.3 is 0 Å². The Balaban J connectivity index is 2.09. The van der Waals surface area contributed by atoms with Gasteiger partial charge in [-0.3, -0.25) is 9.59 Å². The van der Waals surface area contributed by atoms with Crippen LogP contribution >= 0.6 is 0 Å². The van der Waals surface area contributed by atoms with Gasteiger partial charge in [-0.25, -0.2) is 0 Å². The molecule has 0 N–H and O–H groups in total. The predicted octanol–water partition coefficient (Wildman–Crippen LogP) is 5.91. The molecule has 0 aliphatic heterocycles. The van der Waals surface area contributed by atoms with Gasteiger partial charge in [-0.15, -0.1) is 0 Å². The molecule has 0 saturated heterocycles. The van der Waals surface area contributed by atoms with Crippen LogP contribution in [0.1, 0.15) is 54.1 Å². The molecule has 3 aromatic rings. The highest BCUT2D eigenvalue weighted by molar-refractivity contribution is 6.51. The van der Waals surface area contributed by atoms with Crippen molar-refractivity contribution in [2.24, 2.45) is 0 Å². The molecule has 0 spiro atoms. The van der Waals surface area contributed by atoms with Crippen LogP contribution in [0.2, 0.25) is 0 Å². The molecule has 4 rings (SSSR count). The zero-order chi connectivity index (χ0) is 20.0. The maximum Gasteiger partial charge on any atom is 0.195 e. The third-order valence-corrected chi connectivity index (χ3v) is 5.14. The normalized spacial score (nSPS) is 13.7. The number of Topliss-reactive ketones (excluding diaryl/α,β-unsaturated/α-hetero) is 2. The molecule has 1 aliphatic carbocycles. The molecule has 0 amide bonds. The fourth-order valence-electron chi connectivity index (χ4n) is 4.16. The van der Waals surface area contributed by atoms with Gasteiger partial charge in [0.1, 0.15) is 0 Å². The van der Waals surface area contributed by atoms with Gasteiger partial charge in [0, 0.05) is 22.3 Å². The van der Waals surface area contributed by atoms with E-state index in [0.717, 1.165) is 33.4 Å². The van der Waals surface area contributed by atoms with Gasteiger partial charge in [-0.05, 0) is 38.8 Å². The molecule has 0 unspecified atom stereocenters. The van der Waals surface area contributed by atoms with Crippen molar-refractivity contribution in [3.8, 4) is 0 Å². The molecule has 138 valence electrons. The molecule has 0 radical (unpaired) electrons. The summed E-state index contributed by atoms with van der Waals surface area (Å²) in [5.41, 5.74) is 7.86. The van der Waals surface area contributed by atoms with Crippen LogP contribution in [0, 0.1) is 27.7 Å². The third kappa shape index (κ3) is 3.01. The summed E-state index contributed by atoms with van der Waals surface area (Å²) in [6.07, 6.45) is 0. The molecule has 0 atom stereocenters. The second kappa shape index (κ2) is 6.72. The second-order valence-electron chi connectivity index (χ2n) is 7.71. The number of hydrogen-bond acceptors (Lipinski definition) is 2. The molecular formula is C26H22O2. The number of rotatable bonds is 2. The van der Waals surface area contributed by atoms with Gasteiger partial charge in [0.15, 0.2) is 11.6 Å². The second-order valence-corrected chi connectivity index (χ2v) is 7.71. The van der Waals surface area contributed by atoms with E-state index in [9.17, 15) is 9.59 Å². The standard InChI is InChI=1S/C26H22O2/c1-15-9-16(2)12-19(11-15)23-24(20-13-17(3)10-18(4)14-20)26(28)22-8-6-5-7-21(22)25(23)27/h5-14H,1-4H3. The Labute approximate surface area is 165 Å². The first-order valence-electron chi connectivity index (χ1n) is 9.45. The molecule has 3 aromatic carbocycles. The lowest BCUT2D eigenvalue weighted by atomic mass is 9.78. The van der Waals surface area contributed by atoms with Crippen LogP contribution < -0.4 is 0 Å². The van der Waals surface area contributed by atoms with E-state index in [-0.39, 0.29) is 11.6 Å². The number of carbonyl (C=O) groups is 2. The van der Waals surface area contributed by atoms with Crippen molar-refractivity contribution in [2.75, 3.05) is 0 Å². The first kappa shape index (κ1) is 18.1. The summed E-state index contributed by atoms with van der Waals surface area (Å²) in [5, 5.41) is 0. The van der Waals surface area contributed by atoms with Crippen LogP contribution in [0.25, 0.3) is 11.1 Å². The molecular weight excluding hydrogens is 344 g/mol. The highest BCUT2D eigenvalue weighted by Crippen LogP contribution is 2.38. The van der Waals surface area contributed by atoms with Crippen LogP contribution in [0.15, 0.2) is 60.7 Å². The lowest BCUT2D eigenvalue weighted by Gasteiger charge is -2.22. The van der Waals surface area contributed by atoms with E-state index in [0.29, 0.717) is 22.3 Å². The summed E-state index contributed by atoms with van der Waals surface area (Å²) in [4.78, 5) is 27.1. The Morgan fingerprint density at radius 3 is 1.14 bits per heavy atom. The molecule has 0 heterocycles. The van der Waals surface area contributed by atoms with Crippen LogP contribution in [-0.4, -0.2) is 11.6 Å². The fourth-order valence-corrected chi connectivity index (χ4v) is 4.16. The van der Waals surface area contributed by atoms with Crippen molar-refractivity contribution < 1.29 is 9.59 Å². The van der Waals surface area contributed by atoms with Crippen LogP contribution in [0.4, 0.5) is 0 Å². The van der Waals surface area contributed by atoms with Crippen LogP contribution in [0.3, 0.4) is 0 Å². The van der Waals surface area contributed by atoms with E-state index in [4.69, 9.17) is 0 Å². The maximum atomic E-state index is 13.5. The number of benzene rings is 3. The highest BCUT2D eigenvalue weighted by atomic mass is 16.1. The van der Waals surface area contributed by atoms with Gasteiger partial charge in [0.2, 0.25) is 0 Å². The van der Waals surface area contributed by atoms with E-state index in [1.54, 1.807) is 12.1 Å². The zero-order valence-corrected chi connectivity index (χ0v) is 16.6. The van der Waals surface area contributed by atoms with E-state index >= 15 is 0 Å². The monoisotopic (exact) mass is 366 g/mol. The van der Waals surface area contributed by atoms with Gasteiger partial charge >= 0.3 is 0 Å². The highest BCUT2D eigenvalue weighted by Gasteiger charge is 2.33. The van der Waals surface area contributed by atoms with Crippen molar-refractivity contribution >= 4 is 22.7 Å². The quantitative estimate of drug-likeness (QED) is 0.565. The average Bonchev–Trinajstić information content (AvgIpc) is 2.62. The number of ketones is 2. The smallest absolute Gasteiger partial charge is 0.195 e. The summed E-state index contributed by atoms with van der Waals surface area (Å²) in [6.45, 7) is 8.04. The molecule has 2 heteroatoms. The largest absolute Gasteiger partial charge is 0.289 e. The molecule has 0 bridgehead atoms. The Bertz CT molecular complexity index is 1050. The van der Waals surface area contributed by atoms with Crippen LogP contribution in [-0.2, 0) is 0 Å². The predicted molar refractivity (Wildman–Crippen MR) is 114 cm³/mol. The van der Waals surface area contributed by atoms with Gasteiger partial charge in [0.05, 0.1) is 0 Å². The fraction of sp³-hybridized carbons (Fsp3) is 0.154. The van der Waals surface area contributed by atoms with Crippen molar-refractivity contribution in [3.63, 3.8) is 0 Å². The summed E-state index contributed by atoms with van der Waals surface area (Å²) in [6, 6.07) is 19.2. The van der Waals surface area contributed by atoms with Gasteiger partial charge in [-0.2, -0.15) is 0 Å². The molecule has 2 nitrogen and oxygen atoms in total. The van der Waals surface area contributed by atoms with E-state index in [1.807, 2.05) is 64.1 Å². The summed E-state index contributed by atoms with van der Waals surface area (Å²) < 4.78 is 0. The summed E-state index contributed by atoms with van der Waals surface area (Å²) >= 11 is 0. The first-order chi connectivity index (χ1) is 13.3. The third-order valence-electron chi connectivity index (χ3n) is 5.14. The van der Waals surface area contributed by atoms with E-state index in [2.05, 4.69) is 12.1 Å². The SMILES string of the molecule is Cc1cc(C)cc(C2=C(c3cc(C)cc(C)c3)C(=O)c3ccccc3C2=O)c1. The summed E-state index contributed by atoms with van der Waals surface area (Å²) in [7, 11) is 0. The van der Waals surface area contributed by atoms with Crippen molar-refractivity contribution in [1.29, 1.82) is 0 Å². The first-order valence-corrected chi connectivity index (χ1v) is 9.45. The lowest BCUT2D eigenvalue weighted by molar-refractivity contribution is 0.101. The number of allylic oxidation sites excluding steroid dienone is 2. The Hall–Kier alpha value is -3.26.